The Morgan fingerprint density at radius 2 is 1.66 bits per heavy atom. The summed E-state index contributed by atoms with van der Waals surface area (Å²) in [7, 11) is 0. The van der Waals surface area contributed by atoms with Crippen molar-refractivity contribution in [2.75, 3.05) is 36.4 Å². The molecule has 1 aliphatic rings. The van der Waals surface area contributed by atoms with Crippen molar-refractivity contribution >= 4 is 40.5 Å². The van der Waals surface area contributed by atoms with Gasteiger partial charge >= 0.3 is 0 Å². The quantitative estimate of drug-likeness (QED) is 0.500. The Bertz CT molecular complexity index is 1150. The molecule has 1 fully saturated rings. The van der Waals surface area contributed by atoms with Crippen LogP contribution in [0.15, 0.2) is 71.3 Å². The van der Waals surface area contributed by atoms with Crippen LogP contribution in [0.5, 0.6) is 5.75 Å². The highest BCUT2D eigenvalue weighted by Crippen LogP contribution is 2.20. The summed E-state index contributed by atoms with van der Waals surface area (Å²) in [6.45, 7) is 6.61. The Balaban J connectivity index is 1.25. The fraction of sp³-hybridized carbons (Fsp3) is 0.269. The zero-order valence-electron chi connectivity index (χ0n) is 19.7. The van der Waals surface area contributed by atoms with Crippen LogP contribution in [0, 0.1) is 0 Å². The van der Waals surface area contributed by atoms with Crippen molar-refractivity contribution in [3.63, 3.8) is 0 Å². The summed E-state index contributed by atoms with van der Waals surface area (Å²) in [6, 6.07) is 18.1. The number of carbonyl (C=O) groups excluding carboxylic acids is 2. The monoisotopic (exact) mass is 492 g/mol. The molecule has 0 aliphatic carbocycles. The molecular formula is C26H28N4O4S. The molecule has 0 unspecified atom stereocenters. The molecule has 4 rings (SSSR count). The zero-order chi connectivity index (χ0) is 24.8. The lowest BCUT2D eigenvalue weighted by Gasteiger charge is -2.35. The van der Waals surface area contributed by atoms with Crippen molar-refractivity contribution < 1.29 is 18.7 Å². The van der Waals surface area contributed by atoms with Gasteiger partial charge in [0.05, 0.1) is 12.4 Å². The molecule has 3 aromatic rings. The third-order valence-corrected chi connectivity index (χ3v) is 5.71. The van der Waals surface area contributed by atoms with E-state index in [0.29, 0.717) is 30.2 Å². The van der Waals surface area contributed by atoms with Crippen molar-refractivity contribution in [2.24, 2.45) is 0 Å². The molecule has 2 amide bonds. The van der Waals surface area contributed by atoms with Gasteiger partial charge < -0.3 is 24.3 Å². The van der Waals surface area contributed by atoms with Gasteiger partial charge in [-0.15, -0.1) is 0 Å². The van der Waals surface area contributed by atoms with E-state index >= 15 is 0 Å². The molecule has 0 radical (unpaired) electrons. The zero-order valence-corrected chi connectivity index (χ0v) is 20.5. The van der Waals surface area contributed by atoms with Gasteiger partial charge in [-0.1, -0.05) is 0 Å². The van der Waals surface area contributed by atoms with Crippen LogP contribution in [-0.4, -0.2) is 54.1 Å². The Hall–Kier alpha value is -3.85. The summed E-state index contributed by atoms with van der Waals surface area (Å²) in [4.78, 5) is 28.9. The van der Waals surface area contributed by atoms with Gasteiger partial charge in [0, 0.05) is 43.1 Å². The molecular weight excluding hydrogens is 464 g/mol. The van der Waals surface area contributed by atoms with Crippen LogP contribution in [0.4, 0.5) is 11.4 Å². The summed E-state index contributed by atoms with van der Waals surface area (Å²) in [5.74, 6) is 0.707. The van der Waals surface area contributed by atoms with Gasteiger partial charge in [0.15, 0.2) is 10.9 Å². The van der Waals surface area contributed by atoms with Gasteiger partial charge in [-0.25, -0.2) is 0 Å². The molecule has 2 heterocycles. The molecule has 182 valence electrons. The van der Waals surface area contributed by atoms with Crippen LogP contribution in [0.3, 0.4) is 0 Å². The van der Waals surface area contributed by atoms with E-state index in [-0.39, 0.29) is 23.0 Å². The van der Waals surface area contributed by atoms with Crippen molar-refractivity contribution in [1.29, 1.82) is 0 Å². The summed E-state index contributed by atoms with van der Waals surface area (Å²) in [5, 5.41) is 5.95. The molecule has 0 saturated carbocycles. The predicted molar refractivity (Wildman–Crippen MR) is 139 cm³/mol. The second kappa shape index (κ2) is 11.1. The highest BCUT2D eigenvalue weighted by Gasteiger charge is 2.23. The lowest BCUT2D eigenvalue weighted by molar-refractivity contribution is 0.0714. The van der Waals surface area contributed by atoms with E-state index < -0.39 is 0 Å². The Labute approximate surface area is 209 Å². The number of amides is 2. The summed E-state index contributed by atoms with van der Waals surface area (Å²) >= 11 is 5.30. The van der Waals surface area contributed by atoms with Gasteiger partial charge in [0.25, 0.3) is 11.8 Å². The number of ether oxygens (including phenoxy) is 1. The number of benzene rings is 2. The molecule has 2 N–H and O–H groups in total. The molecule has 1 saturated heterocycles. The molecule has 0 spiro atoms. The largest absolute Gasteiger partial charge is 0.491 e. The maximum atomic E-state index is 12.5. The fourth-order valence-corrected chi connectivity index (χ4v) is 3.98. The van der Waals surface area contributed by atoms with Gasteiger partial charge in [0.1, 0.15) is 5.75 Å². The standard InChI is InChI=1S/C26H28N4O4S/c1-18(2)34-22-11-5-19(6-12-22)24(31)28-26(35)27-20-7-9-21(10-8-20)29-13-15-30(16-14-29)25(32)23-4-3-17-33-23/h3-12,17-18H,13-16H2,1-2H3,(H2,27,28,31,35). The van der Waals surface area contributed by atoms with E-state index in [1.807, 2.05) is 38.1 Å². The fourth-order valence-electron chi connectivity index (χ4n) is 3.77. The highest BCUT2D eigenvalue weighted by atomic mass is 32.1. The predicted octanol–water partition coefficient (Wildman–Crippen LogP) is 4.16. The maximum Gasteiger partial charge on any atom is 0.289 e. The average Bonchev–Trinajstić information content (AvgIpc) is 3.39. The van der Waals surface area contributed by atoms with E-state index in [0.717, 1.165) is 24.5 Å². The van der Waals surface area contributed by atoms with Crippen LogP contribution in [0.2, 0.25) is 0 Å². The molecule has 9 heteroatoms. The summed E-state index contributed by atoms with van der Waals surface area (Å²) < 4.78 is 10.8. The first kappa shape index (κ1) is 24.3. The van der Waals surface area contributed by atoms with Gasteiger partial charge in [0.2, 0.25) is 0 Å². The van der Waals surface area contributed by atoms with Crippen molar-refractivity contribution in [2.45, 2.75) is 20.0 Å². The number of anilines is 2. The number of carbonyl (C=O) groups is 2. The Morgan fingerprint density at radius 1 is 0.971 bits per heavy atom. The lowest BCUT2D eigenvalue weighted by Crippen LogP contribution is -2.48. The smallest absolute Gasteiger partial charge is 0.289 e. The first-order chi connectivity index (χ1) is 16.9. The van der Waals surface area contributed by atoms with Gasteiger partial charge in [-0.05, 0) is 86.7 Å². The molecule has 8 nitrogen and oxygen atoms in total. The van der Waals surface area contributed by atoms with Crippen LogP contribution < -0.4 is 20.3 Å². The first-order valence-corrected chi connectivity index (χ1v) is 11.9. The number of thiocarbonyl (C=S) groups is 1. The number of rotatable bonds is 6. The number of hydrogen-bond donors (Lipinski definition) is 2. The van der Waals surface area contributed by atoms with Crippen molar-refractivity contribution in [1.82, 2.24) is 10.2 Å². The maximum absolute atomic E-state index is 12.5. The molecule has 0 bridgehead atoms. The normalized spacial score (nSPS) is 13.5. The molecule has 1 aliphatic heterocycles. The second-order valence-electron chi connectivity index (χ2n) is 8.40. The number of piperazine rings is 1. The number of nitrogens with zero attached hydrogens (tertiary/aromatic N) is 2. The first-order valence-electron chi connectivity index (χ1n) is 11.5. The topological polar surface area (TPSA) is 87.0 Å². The third kappa shape index (κ3) is 6.39. The van der Waals surface area contributed by atoms with Crippen molar-refractivity contribution in [3.8, 4) is 5.75 Å². The highest BCUT2D eigenvalue weighted by molar-refractivity contribution is 7.80. The average molecular weight is 493 g/mol. The molecule has 0 atom stereocenters. The van der Waals surface area contributed by atoms with Crippen molar-refractivity contribution in [3.05, 3.63) is 78.3 Å². The van der Waals surface area contributed by atoms with E-state index in [2.05, 4.69) is 15.5 Å². The Kier molecular flexibility index (Phi) is 7.67. The van der Waals surface area contributed by atoms with E-state index in [4.69, 9.17) is 21.4 Å². The van der Waals surface area contributed by atoms with E-state index in [9.17, 15) is 9.59 Å². The summed E-state index contributed by atoms with van der Waals surface area (Å²) in [6.07, 6.45) is 1.58. The minimum absolute atomic E-state index is 0.0685. The van der Waals surface area contributed by atoms with E-state index in [1.54, 1.807) is 41.3 Å². The molecule has 2 aromatic carbocycles. The van der Waals surface area contributed by atoms with Crippen LogP contribution in [-0.2, 0) is 0 Å². The number of furan rings is 1. The lowest BCUT2D eigenvalue weighted by atomic mass is 10.2. The minimum Gasteiger partial charge on any atom is -0.491 e. The van der Waals surface area contributed by atoms with Gasteiger partial charge in [-0.3, -0.25) is 14.9 Å². The number of nitrogens with one attached hydrogen (secondary N) is 2. The third-order valence-electron chi connectivity index (χ3n) is 5.50. The van der Waals surface area contributed by atoms with Crippen LogP contribution in [0.1, 0.15) is 34.8 Å². The molecule has 35 heavy (non-hydrogen) atoms. The van der Waals surface area contributed by atoms with Crippen LogP contribution in [0.25, 0.3) is 0 Å². The SMILES string of the molecule is CC(C)Oc1ccc(C(=O)NC(=S)Nc2ccc(N3CCN(C(=O)c4ccco4)CC3)cc2)cc1. The van der Waals surface area contributed by atoms with E-state index in [1.165, 1.54) is 6.26 Å². The van der Waals surface area contributed by atoms with Crippen LogP contribution >= 0.6 is 12.2 Å². The molecule has 1 aromatic heterocycles. The Morgan fingerprint density at radius 3 is 2.26 bits per heavy atom. The number of hydrogen-bond acceptors (Lipinski definition) is 6. The van der Waals surface area contributed by atoms with Gasteiger partial charge in [-0.2, -0.15) is 0 Å². The summed E-state index contributed by atoms with van der Waals surface area (Å²) in [5.41, 5.74) is 2.32. The minimum atomic E-state index is -0.294. The second-order valence-corrected chi connectivity index (χ2v) is 8.81.